The quantitative estimate of drug-likeness (QED) is 0.665. The molecule has 0 aliphatic carbocycles. The molecule has 0 saturated heterocycles. The van der Waals surface area contributed by atoms with Crippen LogP contribution < -0.4 is 4.57 Å². The van der Waals surface area contributed by atoms with E-state index in [0.717, 1.165) is 11.4 Å². The summed E-state index contributed by atoms with van der Waals surface area (Å²) in [6.07, 6.45) is 4.07. The maximum Gasteiger partial charge on any atom is 0.229 e. The average Bonchev–Trinajstić information content (AvgIpc) is 2.26. The smallest absolute Gasteiger partial charge is 0.229 e. The summed E-state index contributed by atoms with van der Waals surface area (Å²) in [5.41, 5.74) is 5.92. The first-order valence-electron chi connectivity index (χ1n) is 5.50. The van der Waals surface area contributed by atoms with E-state index in [1.165, 1.54) is 16.8 Å². The standard InChI is InChI=1S/C14H17N2/c1-10-5-6-12(3)16(9-10)14-7-11(2)13(4)15-8-14/h5-9H,1-4H3/q+1. The van der Waals surface area contributed by atoms with Gasteiger partial charge in [0.2, 0.25) is 5.69 Å². The number of rotatable bonds is 1. The highest BCUT2D eigenvalue weighted by molar-refractivity contribution is 5.28. The molecule has 2 nitrogen and oxygen atoms in total. The highest BCUT2D eigenvalue weighted by Gasteiger charge is 2.11. The number of hydrogen-bond donors (Lipinski definition) is 0. The fourth-order valence-corrected chi connectivity index (χ4v) is 1.72. The second-order valence-corrected chi connectivity index (χ2v) is 4.31. The summed E-state index contributed by atoms with van der Waals surface area (Å²) in [4.78, 5) is 4.40. The van der Waals surface area contributed by atoms with Crippen LogP contribution in [-0.4, -0.2) is 4.98 Å². The lowest BCUT2D eigenvalue weighted by atomic mass is 10.2. The zero-order chi connectivity index (χ0) is 11.7. The Hall–Kier alpha value is -1.70. The number of pyridine rings is 2. The molecule has 0 aliphatic rings. The van der Waals surface area contributed by atoms with Crippen molar-refractivity contribution in [3.8, 4) is 5.69 Å². The summed E-state index contributed by atoms with van der Waals surface area (Å²) in [6, 6.07) is 6.43. The Kier molecular flexibility index (Phi) is 2.73. The molecule has 0 amide bonds. The van der Waals surface area contributed by atoms with E-state index in [0.29, 0.717) is 0 Å². The summed E-state index contributed by atoms with van der Waals surface area (Å²) in [6.45, 7) is 8.34. The first-order chi connectivity index (χ1) is 7.58. The molecule has 0 unspecified atom stereocenters. The molecule has 82 valence electrons. The number of aryl methyl sites for hydroxylation is 4. The molecule has 0 fully saturated rings. The predicted molar refractivity (Wildman–Crippen MR) is 64.7 cm³/mol. The molecule has 0 aromatic carbocycles. The van der Waals surface area contributed by atoms with Crippen molar-refractivity contribution in [1.29, 1.82) is 0 Å². The van der Waals surface area contributed by atoms with Crippen LogP contribution >= 0.6 is 0 Å². The normalized spacial score (nSPS) is 10.5. The lowest BCUT2D eigenvalue weighted by Crippen LogP contribution is -2.34. The van der Waals surface area contributed by atoms with Crippen molar-refractivity contribution >= 4 is 0 Å². The molecule has 0 N–H and O–H groups in total. The van der Waals surface area contributed by atoms with Gasteiger partial charge in [-0.1, -0.05) is 0 Å². The lowest BCUT2D eigenvalue weighted by Gasteiger charge is -2.03. The summed E-state index contributed by atoms with van der Waals surface area (Å²) >= 11 is 0. The van der Waals surface area contributed by atoms with Crippen molar-refractivity contribution in [2.45, 2.75) is 27.7 Å². The SMILES string of the molecule is Cc1ccc(C)[n+](-c2cnc(C)c(C)c2)c1. The molecule has 0 radical (unpaired) electrons. The Balaban J connectivity index is 2.58. The molecule has 2 heteroatoms. The van der Waals surface area contributed by atoms with Crippen LogP contribution in [0.4, 0.5) is 0 Å². The van der Waals surface area contributed by atoms with Crippen molar-refractivity contribution in [1.82, 2.24) is 4.98 Å². The Morgan fingerprint density at radius 3 is 2.50 bits per heavy atom. The van der Waals surface area contributed by atoms with Crippen molar-refractivity contribution in [2.24, 2.45) is 0 Å². The molecule has 2 aromatic rings. The number of aromatic nitrogens is 2. The van der Waals surface area contributed by atoms with Gasteiger partial charge in [0, 0.05) is 30.3 Å². The molecule has 2 rings (SSSR count). The minimum Gasteiger partial charge on any atom is -0.254 e. The van der Waals surface area contributed by atoms with E-state index in [2.05, 4.69) is 54.7 Å². The van der Waals surface area contributed by atoms with E-state index < -0.39 is 0 Å². The zero-order valence-electron chi connectivity index (χ0n) is 10.3. The van der Waals surface area contributed by atoms with Gasteiger partial charge in [0.25, 0.3) is 0 Å². The van der Waals surface area contributed by atoms with E-state index >= 15 is 0 Å². The van der Waals surface area contributed by atoms with Gasteiger partial charge in [-0.2, -0.15) is 4.57 Å². The van der Waals surface area contributed by atoms with Crippen molar-refractivity contribution < 1.29 is 4.57 Å². The van der Waals surface area contributed by atoms with Gasteiger partial charge in [-0.3, -0.25) is 4.98 Å². The second-order valence-electron chi connectivity index (χ2n) is 4.31. The molecular weight excluding hydrogens is 196 g/mol. The highest BCUT2D eigenvalue weighted by atomic mass is 15.0. The molecule has 16 heavy (non-hydrogen) atoms. The van der Waals surface area contributed by atoms with E-state index in [-0.39, 0.29) is 0 Å². The Labute approximate surface area is 96.6 Å². The molecule has 0 aliphatic heterocycles. The molecule has 0 spiro atoms. The van der Waals surface area contributed by atoms with Crippen molar-refractivity contribution in [3.63, 3.8) is 0 Å². The third kappa shape index (κ3) is 1.96. The maximum atomic E-state index is 4.40. The number of hydrogen-bond acceptors (Lipinski definition) is 1. The monoisotopic (exact) mass is 213 g/mol. The third-order valence-corrected chi connectivity index (χ3v) is 2.90. The van der Waals surface area contributed by atoms with Gasteiger partial charge in [-0.15, -0.1) is 0 Å². The average molecular weight is 213 g/mol. The van der Waals surface area contributed by atoms with Crippen LogP contribution in [0.5, 0.6) is 0 Å². The number of nitrogens with zero attached hydrogens (tertiary/aromatic N) is 2. The minimum absolute atomic E-state index is 1.09. The Morgan fingerprint density at radius 1 is 1.06 bits per heavy atom. The van der Waals surface area contributed by atoms with Crippen molar-refractivity contribution in [2.75, 3.05) is 0 Å². The van der Waals surface area contributed by atoms with Crippen LogP contribution in [0, 0.1) is 27.7 Å². The largest absolute Gasteiger partial charge is 0.254 e. The first kappa shape index (κ1) is 10.8. The zero-order valence-corrected chi connectivity index (χ0v) is 10.3. The van der Waals surface area contributed by atoms with Crippen LogP contribution in [-0.2, 0) is 0 Å². The van der Waals surface area contributed by atoms with Gasteiger partial charge in [-0.05, 0) is 32.4 Å². The van der Waals surface area contributed by atoms with Crippen LogP contribution in [0.1, 0.15) is 22.5 Å². The van der Waals surface area contributed by atoms with Gasteiger partial charge >= 0.3 is 0 Å². The lowest BCUT2D eigenvalue weighted by molar-refractivity contribution is -0.603. The van der Waals surface area contributed by atoms with Gasteiger partial charge < -0.3 is 0 Å². The first-order valence-corrected chi connectivity index (χ1v) is 5.50. The van der Waals surface area contributed by atoms with E-state index in [4.69, 9.17) is 0 Å². The van der Waals surface area contributed by atoms with E-state index in [9.17, 15) is 0 Å². The fraction of sp³-hybridized carbons (Fsp3) is 0.286. The highest BCUT2D eigenvalue weighted by Crippen LogP contribution is 2.07. The molecule has 2 heterocycles. The van der Waals surface area contributed by atoms with Crippen LogP contribution in [0.25, 0.3) is 5.69 Å². The maximum absolute atomic E-state index is 4.40. The van der Waals surface area contributed by atoms with E-state index in [1.807, 2.05) is 13.1 Å². The fourth-order valence-electron chi connectivity index (χ4n) is 1.72. The van der Waals surface area contributed by atoms with Gasteiger partial charge in [0.1, 0.15) is 0 Å². The Bertz CT molecular complexity index is 530. The summed E-state index contributed by atoms with van der Waals surface area (Å²) in [5, 5.41) is 0. The summed E-state index contributed by atoms with van der Waals surface area (Å²) in [5.74, 6) is 0. The van der Waals surface area contributed by atoms with Crippen LogP contribution in [0.15, 0.2) is 30.6 Å². The Morgan fingerprint density at radius 2 is 1.81 bits per heavy atom. The van der Waals surface area contributed by atoms with E-state index in [1.54, 1.807) is 0 Å². The van der Waals surface area contributed by atoms with Gasteiger partial charge in [0.05, 0.1) is 6.20 Å². The topological polar surface area (TPSA) is 16.8 Å². The van der Waals surface area contributed by atoms with Gasteiger partial charge in [-0.25, -0.2) is 0 Å². The molecule has 0 bridgehead atoms. The van der Waals surface area contributed by atoms with Gasteiger partial charge in [0.15, 0.2) is 11.9 Å². The predicted octanol–water partition coefficient (Wildman–Crippen LogP) is 2.59. The molecule has 0 atom stereocenters. The molecule has 2 aromatic heterocycles. The minimum atomic E-state index is 1.09. The molecular formula is C14H17N2+. The summed E-state index contributed by atoms with van der Waals surface area (Å²) in [7, 11) is 0. The second kappa shape index (κ2) is 4.05. The third-order valence-electron chi connectivity index (χ3n) is 2.90. The van der Waals surface area contributed by atoms with Crippen LogP contribution in [0.3, 0.4) is 0 Å². The summed E-state index contributed by atoms with van der Waals surface area (Å²) < 4.78 is 2.18. The van der Waals surface area contributed by atoms with Crippen LogP contribution in [0.2, 0.25) is 0 Å². The molecule has 0 saturated carbocycles. The van der Waals surface area contributed by atoms with Crippen molar-refractivity contribution in [3.05, 3.63) is 53.1 Å².